The number of carbonyl (C=O) groups is 1. The average Bonchev–Trinajstić information content (AvgIpc) is 2.96. The molecule has 5 nitrogen and oxygen atoms in total. The molecule has 0 spiro atoms. The summed E-state index contributed by atoms with van der Waals surface area (Å²) in [6, 6.07) is 2.69. The van der Waals surface area contributed by atoms with Gasteiger partial charge in [0.25, 0.3) is 0 Å². The average molecular weight is 331 g/mol. The van der Waals surface area contributed by atoms with Crippen LogP contribution in [-0.2, 0) is 10.0 Å². The van der Waals surface area contributed by atoms with E-state index in [1.807, 2.05) is 16.8 Å². The summed E-state index contributed by atoms with van der Waals surface area (Å²) in [5, 5.41) is 12.7. The fraction of sp³-hybridized carbons (Fsp3) is 0.250. The Bertz CT molecular complexity index is 716. The third-order valence-electron chi connectivity index (χ3n) is 2.75. The lowest BCUT2D eigenvalue weighted by molar-refractivity contribution is 0.0702. The van der Waals surface area contributed by atoms with E-state index in [2.05, 4.69) is 4.72 Å². The Hall–Kier alpha value is -1.22. The first-order valence-electron chi connectivity index (χ1n) is 5.69. The molecule has 2 heterocycles. The van der Waals surface area contributed by atoms with Gasteiger partial charge in [-0.1, -0.05) is 0 Å². The molecular formula is C12H13NO4S3. The van der Waals surface area contributed by atoms with Gasteiger partial charge in [0.1, 0.15) is 4.88 Å². The third-order valence-corrected chi connectivity index (χ3v) is 6.28. The number of aryl methyl sites for hydroxylation is 1. The molecule has 0 amide bonds. The van der Waals surface area contributed by atoms with Crippen molar-refractivity contribution in [3.8, 4) is 0 Å². The molecule has 1 atom stereocenters. The lowest BCUT2D eigenvalue weighted by Crippen LogP contribution is -2.26. The number of carboxylic acids is 1. The highest BCUT2D eigenvalue weighted by Crippen LogP contribution is 2.27. The van der Waals surface area contributed by atoms with Gasteiger partial charge >= 0.3 is 5.97 Å². The minimum atomic E-state index is -3.73. The van der Waals surface area contributed by atoms with Crippen LogP contribution in [0.25, 0.3) is 0 Å². The number of hydrogen-bond donors (Lipinski definition) is 2. The second-order valence-corrected chi connectivity index (χ2v) is 7.95. The van der Waals surface area contributed by atoms with Crippen molar-refractivity contribution in [2.24, 2.45) is 0 Å². The first-order chi connectivity index (χ1) is 9.31. The molecule has 2 rings (SSSR count). The van der Waals surface area contributed by atoms with Crippen molar-refractivity contribution in [2.75, 3.05) is 0 Å². The van der Waals surface area contributed by atoms with E-state index in [1.165, 1.54) is 17.4 Å². The molecule has 0 radical (unpaired) electrons. The van der Waals surface area contributed by atoms with E-state index in [4.69, 9.17) is 5.11 Å². The Morgan fingerprint density at radius 2 is 2.15 bits per heavy atom. The maximum atomic E-state index is 12.3. The van der Waals surface area contributed by atoms with Gasteiger partial charge in [-0.05, 0) is 42.3 Å². The molecule has 20 heavy (non-hydrogen) atoms. The molecule has 0 fully saturated rings. The molecule has 0 aliphatic rings. The van der Waals surface area contributed by atoms with Crippen molar-refractivity contribution >= 4 is 38.7 Å². The lowest BCUT2D eigenvalue weighted by Gasteiger charge is -2.12. The molecule has 0 saturated heterocycles. The molecule has 2 N–H and O–H groups in total. The SMILES string of the molecule is Cc1sc(C(=O)O)cc1S(=O)(=O)NC(C)c1ccsc1. The second kappa shape index (κ2) is 5.65. The summed E-state index contributed by atoms with van der Waals surface area (Å²) in [7, 11) is -3.73. The van der Waals surface area contributed by atoms with Crippen molar-refractivity contribution in [3.63, 3.8) is 0 Å². The van der Waals surface area contributed by atoms with Gasteiger partial charge in [0.05, 0.1) is 4.90 Å². The number of rotatable bonds is 5. The second-order valence-electron chi connectivity index (χ2n) is 4.24. The molecule has 0 aliphatic carbocycles. The van der Waals surface area contributed by atoms with E-state index in [1.54, 1.807) is 13.8 Å². The largest absolute Gasteiger partial charge is 0.477 e. The monoisotopic (exact) mass is 331 g/mol. The van der Waals surface area contributed by atoms with Crippen LogP contribution in [0.1, 0.15) is 33.1 Å². The summed E-state index contributed by atoms with van der Waals surface area (Å²) in [5.74, 6) is -1.12. The minimum absolute atomic E-state index is 0.0195. The Labute approximate surface area is 124 Å². The van der Waals surface area contributed by atoms with E-state index in [0.717, 1.165) is 16.9 Å². The number of carboxylic acid groups (broad SMARTS) is 1. The summed E-state index contributed by atoms with van der Waals surface area (Å²) in [6.45, 7) is 3.35. The van der Waals surface area contributed by atoms with Crippen LogP contribution in [0.3, 0.4) is 0 Å². The number of thiophene rings is 2. The van der Waals surface area contributed by atoms with Gasteiger partial charge in [0.2, 0.25) is 10.0 Å². The Kier molecular flexibility index (Phi) is 4.28. The van der Waals surface area contributed by atoms with E-state index in [9.17, 15) is 13.2 Å². The predicted octanol–water partition coefficient (Wildman–Crippen LogP) is 2.86. The van der Waals surface area contributed by atoms with Gasteiger partial charge in [0.15, 0.2) is 0 Å². The van der Waals surface area contributed by atoms with Crippen LogP contribution in [0, 0.1) is 6.92 Å². The van der Waals surface area contributed by atoms with Crippen LogP contribution in [-0.4, -0.2) is 19.5 Å². The number of hydrogen-bond acceptors (Lipinski definition) is 5. The van der Waals surface area contributed by atoms with E-state index < -0.39 is 16.0 Å². The third kappa shape index (κ3) is 3.09. The van der Waals surface area contributed by atoms with E-state index in [0.29, 0.717) is 4.88 Å². The molecule has 2 aromatic rings. The molecule has 0 saturated carbocycles. The summed E-state index contributed by atoms with van der Waals surface area (Å²) < 4.78 is 27.2. The van der Waals surface area contributed by atoms with Gasteiger partial charge in [-0.15, -0.1) is 11.3 Å². The standard InChI is InChI=1S/C12H13NO4S3/c1-7(9-3-4-18-6-9)13-20(16,17)11-5-10(12(14)15)19-8(11)2/h3-7,13H,1-2H3,(H,14,15). The normalized spacial score (nSPS) is 13.3. The smallest absolute Gasteiger partial charge is 0.345 e. The van der Waals surface area contributed by atoms with E-state index in [-0.39, 0.29) is 15.8 Å². The van der Waals surface area contributed by atoms with E-state index >= 15 is 0 Å². The molecule has 2 aromatic heterocycles. The quantitative estimate of drug-likeness (QED) is 0.882. The molecule has 0 aromatic carbocycles. The molecule has 8 heteroatoms. The topological polar surface area (TPSA) is 83.5 Å². The Morgan fingerprint density at radius 3 is 2.65 bits per heavy atom. The molecule has 0 aliphatic heterocycles. The first-order valence-corrected chi connectivity index (χ1v) is 8.93. The van der Waals surface area contributed by atoms with Crippen molar-refractivity contribution in [2.45, 2.75) is 24.8 Å². The van der Waals surface area contributed by atoms with Gasteiger partial charge < -0.3 is 5.11 Å². The molecule has 0 bridgehead atoms. The number of nitrogens with one attached hydrogen (secondary N) is 1. The molecule has 108 valence electrons. The number of aromatic carboxylic acids is 1. The van der Waals surface area contributed by atoms with Crippen molar-refractivity contribution < 1.29 is 18.3 Å². The van der Waals surface area contributed by atoms with Crippen LogP contribution in [0.2, 0.25) is 0 Å². The highest BCUT2D eigenvalue weighted by atomic mass is 32.2. The lowest BCUT2D eigenvalue weighted by atomic mass is 10.2. The summed E-state index contributed by atoms with van der Waals surface area (Å²) in [5.41, 5.74) is 0.880. The molecular weight excluding hydrogens is 318 g/mol. The first kappa shape index (κ1) is 15.2. The summed E-state index contributed by atoms with van der Waals surface area (Å²) in [4.78, 5) is 11.4. The van der Waals surface area contributed by atoms with Crippen molar-refractivity contribution in [1.82, 2.24) is 4.72 Å². The van der Waals surface area contributed by atoms with Crippen molar-refractivity contribution in [3.05, 3.63) is 38.2 Å². The highest BCUT2D eigenvalue weighted by Gasteiger charge is 2.24. The fourth-order valence-electron chi connectivity index (χ4n) is 1.72. The van der Waals surface area contributed by atoms with Gasteiger partial charge in [-0.3, -0.25) is 0 Å². The Morgan fingerprint density at radius 1 is 1.45 bits per heavy atom. The highest BCUT2D eigenvalue weighted by molar-refractivity contribution is 7.89. The van der Waals surface area contributed by atoms with Gasteiger partial charge in [0, 0.05) is 10.9 Å². The van der Waals surface area contributed by atoms with Crippen LogP contribution in [0.5, 0.6) is 0 Å². The van der Waals surface area contributed by atoms with Crippen molar-refractivity contribution in [1.29, 1.82) is 0 Å². The van der Waals surface area contributed by atoms with Crippen LogP contribution < -0.4 is 4.72 Å². The fourth-order valence-corrected chi connectivity index (χ4v) is 5.14. The van der Waals surface area contributed by atoms with Crippen LogP contribution >= 0.6 is 22.7 Å². The zero-order chi connectivity index (χ0) is 14.9. The summed E-state index contributed by atoms with van der Waals surface area (Å²) >= 11 is 2.45. The predicted molar refractivity (Wildman–Crippen MR) is 79.1 cm³/mol. The maximum absolute atomic E-state index is 12.3. The van der Waals surface area contributed by atoms with Crippen LogP contribution in [0.15, 0.2) is 27.8 Å². The summed E-state index contributed by atoms with van der Waals surface area (Å²) in [6.07, 6.45) is 0. The Balaban J connectivity index is 2.29. The zero-order valence-electron chi connectivity index (χ0n) is 10.8. The minimum Gasteiger partial charge on any atom is -0.477 e. The van der Waals surface area contributed by atoms with Gasteiger partial charge in [-0.25, -0.2) is 17.9 Å². The number of sulfonamides is 1. The van der Waals surface area contributed by atoms with Gasteiger partial charge in [-0.2, -0.15) is 11.3 Å². The molecule has 1 unspecified atom stereocenters. The van der Waals surface area contributed by atoms with Crippen LogP contribution in [0.4, 0.5) is 0 Å². The maximum Gasteiger partial charge on any atom is 0.345 e. The zero-order valence-corrected chi connectivity index (χ0v) is 13.2.